The number of halogens is 1. The Hall–Kier alpha value is -1.30. The average Bonchev–Trinajstić information content (AvgIpc) is 2.85. The highest BCUT2D eigenvalue weighted by Crippen LogP contribution is 2.31. The Balaban J connectivity index is 2.44. The van der Waals surface area contributed by atoms with Crippen LogP contribution in [-0.2, 0) is 0 Å². The van der Waals surface area contributed by atoms with Crippen LogP contribution in [0, 0.1) is 0 Å². The van der Waals surface area contributed by atoms with Crippen LogP contribution >= 0.6 is 15.9 Å². The molecule has 0 aliphatic carbocycles. The predicted octanol–water partition coefficient (Wildman–Crippen LogP) is 2.60. The van der Waals surface area contributed by atoms with Crippen molar-refractivity contribution < 1.29 is 9.15 Å². The summed E-state index contributed by atoms with van der Waals surface area (Å²) in [6, 6.07) is 9.23. The number of nitrogens with one attached hydrogen (secondary N) is 1. The maximum Gasteiger partial charge on any atom is 0.126 e. The zero-order valence-electron chi connectivity index (χ0n) is 9.31. The summed E-state index contributed by atoms with van der Waals surface area (Å²) < 4.78 is 11.7. The lowest BCUT2D eigenvalue weighted by atomic mass is 10.0. The minimum atomic E-state index is -0.229. The molecule has 1 aromatic heterocycles. The number of methoxy groups -OCH3 is 1. The molecule has 90 valence electrons. The molecule has 0 radical (unpaired) electrons. The Bertz CT molecular complexity index is 485. The third kappa shape index (κ3) is 2.52. The number of ether oxygens (including phenoxy) is 1. The highest BCUT2D eigenvalue weighted by atomic mass is 79.9. The molecule has 0 saturated heterocycles. The van der Waals surface area contributed by atoms with E-state index in [1.165, 1.54) is 0 Å². The molecule has 0 bridgehead atoms. The number of benzene rings is 1. The van der Waals surface area contributed by atoms with Crippen LogP contribution in [-0.4, -0.2) is 7.11 Å². The van der Waals surface area contributed by atoms with Crippen molar-refractivity contribution in [3.8, 4) is 5.75 Å². The first-order chi connectivity index (χ1) is 8.26. The molecule has 2 aromatic rings. The van der Waals surface area contributed by atoms with E-state index in [0.29, 0.717) is 0 Å². The number of rotatable bonds is 4. The monoisotopic (exact) mass is 296 g/mol. The van der Waals surface area contributed by atoms with Gasteiger partial charge in [0, 0.05) is 10.0 Å². The number of hydrogen-bond donors (Lipinski definition) is 2. The van der Waals surface area contributed by atoms with Crippen LogP contribution in [0.15, 0.2) is 45.5 Å². The molecule has 4 nitrogen and oxygen atoms in total. The van der Waals surface area contributed by atoms with Crippen molar-refractivity contribution in [1.82, 2.24) is 5.43 Å². The lowest BCUT2D eigenvalue weighted by Crippen LogP contribution is -2.28. The SMILES string of the molecule is COc1cc(Br)ccc1C(NN)c1ccco1. The van der Waals surface area contributed by atoms with Crippen molar-refractivity contribution in [2.24, 2.45) is 5.84 Å². The standard InChI is InChI=1S/C12H13BrN2O2/c1-16-11-7-8(13)4-5-9(11)12(15-14)10-3-2-6-17-10/h2-7,12,15H,14H2,1H3. The molecule has 0 saturated carbocycles. The summed E-state index contributed by atoms with van der Waals surface area (Å²) in [4.78, 5) is 0. The third-order valence-corrected chi connectivity index (χ3v) is 2.99. The second-order valence-electron chi connectivity index (χ2n) is 3.50. The van der Waals surface area contributed by atoms with Crippen LogP contribution in [0.5, 0.6) is 5.75 Å². The molecular weight excluding hydrogens is 284 g/mol. The third-order valence-electron chi connectivity index (χ3n) is 2.50. The molecule has 0 fully saturated rings. The van der Waals surface area contributed by atoms with E-state index >= 15 is 0 Å². The molecule has 17 heavy (non-hydrogen) atoms. The van der Waals surface area contributed by atoms with Gasteiger partial charge in [-0.15, -0.1) is 0 Å². The molecule has 2 rings (SSSR count). The predicted molar refractivity (Wildman–Crippen MR) is 68.6 cm³/mol. The smallest absolute Gasteiger partial charge is 0.126 e. The zero-order chi connectivity index (χ0) is 12.3. The van der Waals surface area contributed by atoms with E-state index in [-0.39, 0.29) is 6.04 Å². The normalized spacial score (nSPS) is 12.4. The lowest BCUT2D eigenvalue weighted by molar-refractivity contribution is 0.393. The second-order valence-corrected chi connectivity index (χ2v) is 4.42. The van der Waals surface area contributed by atoms with Crippen molar-refractivity contribution in [3.05, 3.63) is 52.4 Å². The number of furan rings is 1. The molecule has 1 unspecified atom stereocenters. The van der Waals surface area contributed by atoms with Gasteiger partial charge in [0.25, 0.3) is 0 Å². The fourth-order valence-corrected chi connectivity index (χ4v) is 2.04. The van der Waals surface area contributed by atoms with Crippen molar-refractivity contribution in [2.45, 2.75) is 6.04 Å². The molecule has 1 atom stereocenters. The number of nitrogens with two attached hydrogens (primary N) is 1. The minimum Gasteiger partial charge on any atom is -0.496 e. The van der Waals surface area contributed by atoms with Gasteiger partial charge in [-0.25, -0.2) is 5.43 Å². The fraction of sp³-hybridized carbons (Fsp3) is 0.167. The van der Waals surface area contributed by atoms with Gasteiger partial charge in [0.1, 0.15) is 17.6 Å². The van der Waals surface area contributed by atoms with Crippen molar-refractivity contribution >= 4 is 15.9 Å². The highest BCUT2D eigenvalue weighted by molar-refractivity contribution is 9.10. The van der Waals surface area contributed by atoms with Crippen molar-refractivity contribution in [3.63, 3.8) is 0 Å². The van der Waals surface area contributed by atoms with Crippen LogP contribution in [0.3, 0.4) is 0 Å². The Morgan fingerprint density at radius 3 is 2.82 bits per heavy atom. The van der Waals surface area contributed by atoms with Gasteiger partial charge in [0.15, 0.2) is 0 Å². The van der Waals surface area contributed by atoms with E-state index in [0.717, 1.165) is 21.5 Å². The summed E-state index contributed by atoms with van der Waals surface area (Å²) in [6.45, 7) is 0. The molecule has 5 heteroatoms. The van der Waals surface area contributed by atoms with Crippen LogP contribution in [0.2, 0.25) is 0 Å². The minimum absolute atomic E-state index is 0.229. The molecule has 0 spiro atoms. The lowest BCUT2D eigenvalue weighted by Gasteiger charge is -2.17. The molecule has 1 heterocycles. The summed E-state index contributed by atoms with van der Waals surface area (Å²) in [5.74, 6) is 7.07. The van der Waals surface area contributed by atoms with Gasteiger partial charge in [-0.2, -0.15) is 0 Å². The summed E-state index contributed by atoms with van der Waals surface area (Å²) in [5.41, 5.74) is 3.65. The number of hydrogen-bond acceptors (Lipinski definition) is 4. The molecule has 1 aromatic carbocycles. The van der Waals surface area contributed by atoms with E-state index < -0.39 is 0 Å². The van der Waals surface area contributed by atoms with Gasteiger partial charge in [0.2, 0.25) is 0 Å². The maximum absolute atomic E-state index is 5.58. The first-order valence-electron chi connectivity index (χ1n) is 5.09. The first kappa shape index (κ1) is 12.2. The fourth-order valence-electron chi connectivity index (χ4n) is 1.70. The van der Waals surface area contributed by atoms with Gasteiger partial charge >= 0.3 is 0 Å². The van der Waals surface area contributed by atoms with E-state index in [9.17, 15) is 0 Å². The van der Waals surface area contributed by atoms with E-state index in [1.807, 2.05) is 30.3 Å². The Morgan fingerprint density at radius 1 is 1.41 bits per heavy atom. The largest absolute Gasteiger partial charge is 0.496 e. The summed E-state index contributed by atoms with van der Waals surface area (Å²) in [5, 5.41) is 0. The van der Waals surface area contributed by atoms with Gasteiger partial charge < -0.3 is 9.15 Å². The van der Waals surface area contributed by atoms with E-state index in [4.69, 9.17) is 15.0 Å². The average molecular weight is 297 g/mol. The van der Waals surface area contributed by atoms with Gasteiger partial charge in [-0.05, 0) is 24.3 Å². The van der Waals surface area contributed by atoms with Gasteiger partial charge in [-0.1, -0.05) is 22.0 Å². The quantitative estimate of drug-likeness (QED) is 0.672. The van der Waals surface area contributed by atoms with Crippen molar-refractivity contribution in [1.29, 1.82) is 0 Å². The highest BCUT2D eigenvalue weighted by Gasteiger charge is 2.19. The van der Waals surface area contributed by atoms with E-state index in [1.54, 1.807) is 13.4 Å². The molecule has 3 N–H and O–H groups in total. The molecule has 0 aliphatic heterocycles. The molecule has 0 amide bonds. The molecular formula is C12H13BrN2O2. The Kier molecular flexibility index (Phi) is 3.83. The second kappa shape index (κ2) is 5.35. The van der Waals surface area contributed by atoms with Crippen LogP contribution in [0.1, 0.15) is 17.4 Å². The summed E-state index contributed by atoms with van der Waals surface area (Å²) in [6.07, 6.45) is 1.62. The first-order valence-corrected chi connectivity index (χ1v) is 5.88. The summed E-state index contributed by atoms with van der Waals surface area (Å²) >= 11 is 3.40. The topological polar surface area (TPSA) is 60.4 Å². The molecule has 0 aliphatic rings. The maximum atomic E-state index is 5.58. The Morgan fingerprint density at radius 2 is 2.24 bits per heavy atom. The zero-order valence-corrected chi connectivity index (χ0v) is 10.9. The van der Waals surface area contributed by atoms with E-state index in [2.05, 4.69) is 21.4 Å². The van der Waals surface area contributed by atoms with Crippen LogP contribution < -0.4 is 16.0 Å². The van der Waals surface area contributed by atoms with Gasteiger partial charge in [0.05, 0.1) is 13.4 Å². The number of hydrazine groups is 1. The van der Waals surface area contributed by atoms with Gasteiger partial charge in [-0.3, -0.25) is 5.84 Å². The van der Waals surface area contributed by atoms with Crippen molar-refractivity contribution in [2.75, 3.05) is 7.11 Å². The Labute approximate surface area is 108 Å². The van der Waals surface area contributed by atoms with Crippen LogP contribution in [0.4, 0.5) is 0 Å². The summed E-state index contributed by atoms with van der Waals surface area (Å²) in [7, 11) is 1.63. The van der Waals surface area contributed by atoms with Crippen LogP contribution in [0.25, 0.3) is 0 Å².